The molecule has 8 nitrogen and oxygen atoms in total. The van der Waals surface area contributed by atoms with Crippen LogP contribution in [0.3, 0.4) is 0 Å². The van der Waals surface area contributed by atoms with Crippen LogP contribution in [0, 0.1) is 5.92 Å². The summed E-state index contributed by atoms with van der Waals surface area (Å²) in [5.41, 5.74) is 4.29. The largest absolute Gasteiger partial charge is 0.497 e. The minimum Gasteiger partial charge on any atom is -0.497 e. The zero-order valence-corrected chi connectivity index (χ0v) is 27.7. The molecule has 0 N–H and O–H groups in total. The standard InChI is InChI=1S/C40H44O8/c1-4-5-6-9-38(39(41)47-28-7-26-45-36-22-14-32(15-23-36)30-10-18-34(43-2)19-11-30)40(42)48-29-8-27-46-37-24-16-33(17-25-37)31-12-20-35(44-3)21-13-31/h4,10-25,38H,1,5-9,26-29H2,2-3H3. The first-order valence-electron chi connectivity index (χ1n) is 16.2. The van der Waals surface area contributed by atoms with E-state index >= 15 is 0 Å². The van der Waals surface area contributed by atoms with Crippen molar-refractivity contribution in [3.63, 3.8) is 0 Å². The van der Waals surface area contributed by atoms with E-state index in [9.17, 15) is 9.59 Å². The van der Waals surface area contributed by atoms with Crippen LogP contribution < -0.4 is 18.9 Å². The highest BCUT2D eigenvalue weighted by atomic mass is 16.6. The van der Waals surface area contributed by atoms with E-state index in [2.05, 4.69) is 6.58 Å². The molecule has 0 saturated carbocycles. The molecule has 0 heterocycles. The van der Waals surface area contributed by atoms with Gasteiger partial charge in [0, 0.05) is 12.8 Å². The molecule has 0 fully saturated rings. The predicted octanol–water partition coefficient (Wildman–Crippen LogP) is 8.33. The van der Waals surface area contributed by atoms with Gasteiger partial charge in [-0.2, -0.15) is 0 Å². The van der Waals surface area contributed by atoms with Crippen molar-refractivity contribution in [2.45, 2.75) is 32.1 Å². The summed E-state index contributed by atoms with van der Waals surface area (Å²) in [7, 11) is 3.29. The molecule has 48 heavy (non-hydrogen) atoms. The second kappa shape index (κ2) is 19.4. The number of benzene rings is 4. The maximum absolute atomic E-state index is 12.8. The quantitative estimate of drug-likeness (QED) is 0.0408. The van der Waals surface area contributed by atoms with E-state index in [4.69, 9.17) is 28.4 Å². The molecule has 8 heteroatoms. The first-order chi connectivity index (χ1) is 23.5. The predicted molar refractivity (Wildman–Crippen MR) is 187 cm³/mol. The average Bonchev–Trinajstić information content (AvgIpc) is 3.13. The number of methoxy groups -OCH3 is 2. The van der Waals surface area contributed by atoms with Crippen LogP contribution in [0.15, 0.2) is 110 Å². The first-order valence-corrected chi connectivity index (χ1v) is 16.2. The lowest BCUT2D eigenvalue weighted by atomic mass is 10.0. The Kier molecular flexibility index (Phi) is 14.4. The number of carbonyl (C=O) groups is 2. The van der Waals surface area contributed by atoms with Gasteiger partial charge < -0.3 is 28.4 Å². The van der Waals surface area contributed by atoms with Gasteiger partial charge in [-0.25, -0.2) is 0 Å². The van der Waals surface area contributed by atoms with Gasteiger partial charge in [-0.05, 0) is 90.0 Å². The number of ether oxygens (including phenoxy) is 6. The molecule has 0 bridgehead atoms. The minimum absolute atomic E-state index is 0.138. The van der Waals surface area contributed by atoms with Gasteiger partial charge in [0.15, 0.2) is 5.92 Å². The van der Waals surface area contributed by atoms with Crippen molar-refractivity contribution in [1.82, 2.24) is 0 Å². The summed E-state index contributed by atoms with van der Waals surface area (Å²) < 4.78 is 32.9. The summed E-state index contributed by atoms with van der Waals surface area (Å²) in [4.78, 5) is 25.7. The maximum atomic E-state index is 12.8. The highest BCUT2D eigenvalue weighted by Gasteiger charge is 2.29. The Labute approximate surface area is 283 Å². The van der Waals surface area contributed by atoms with Crippen LogP contribution in [0.4, 0.5) is 0 Å². The highest BCUT2D eigenvalue weighted by molar-refractivity contribution is 5.94. The molecule has 0 atom stereocenters. The van der Waals surface area contributed by atoms with E-state index < -0.39 is 17.9 Å². The molecule has 0 spiro atoms. The Morgan fingerprint density at radius 1 is 0.542 bits per heavy atom. The van der Waals surface area contributed by atoms with Crippen molar-refractivity contribution in [2.24, 2.45) is 5.92 Å². The second-order valence-electron chi connectivity index (χ2n) is 11.0. The summed E-state index contributed by atoms with van der Waals surface area (Å²) in [5, 5.41) is 0. The highest BCUT2D eigenvalue weighted by Crippen LogP contribution is 2.26. The number of carbonyl (C=O) groups excluding carboxylic acids is 2. The Morgan fingerprint density at radius 3 is 1.23 bits per heavy atom. The molecule has 0 amide bonds. The molecular formula is C40H44O8. The van der Waals surface area contributed by atoms with Gasteiger partial charge in [-0.1, -0.05) is 54.6 Å². The number of rotatable bonds is 20. The second-order valence-corrected chi connectivity index (χ2v) is 11.0. The van der Waals surface area contributed by atoms with E-state index in [-0.39, 0.29) is 13.2 Å². The number of hydrogen-bond donors (Lipinski definition) is 0. The van der Waals surface area contributed by atoms with Crippen molar-refractivity contribution in [2.75, 3.05) is 40.6 Å². The van der Waals surface area contributed by atoms with E-state index in [1.165, 1.54) is 0 Å². The zero-order chi connectivity index (χ0) is 34.0. The van der Waals surface area contributed by atoms with Gasteiger partial charge in [0.1, 0.15) is 23.0 Å². The summed E-state index contributed by atoms with van der Waals surface area (Å²) in [5.74, 6) is 0.915. The fourth-order valence-corrected chi connectivity index (χ4v) is 4.90. The van der Waals surface area contributed by atoms with E-state index in [1.54, 1.807) is 20.3 Å². The Bertz CT molecular complexity index is 1430. The Balaban J connectivity index is 1.14. The number of allylic oxidation sites excluding steroid dienone is 1. The molecule has 252 valence electrons. The Hall–Kier alpha value is -5.24. The van der Waals surface area contributed by atoms with Crippen LogP contribution in [-0.4, -0.2) is 52.6 Å². The lowest BCUT2D eigenvalue weighted by molar-refractivity contribution is -0.162. The van der Waals surface area contributed by atoms with Crippen LogP contribution in [0.5, 0.6) is 23.0 Å². The van der Waals surface area contributed by atoms with Crippen LogP contribution in [0.25, 0.3) is 22.3 Å². The summed E-state index contributed by atoms with van der Waals surface area (Å²) in [6.07, 6.45) is 4.38. The monoisotopic (exact) mass is 652 g/mol. The molecule has 0 aliphatic rings. The molecule has 4 aromatic rings. The third-order valence-electron chi connectivity index (χ3n) is 7.63. The summed E-state index contributed by atoms with van der Waals surface area (Å²) in [6, 6.07) is 31.3. The van der Waals surface area contributed by atoms with Gasteiger partial charge >= 0.3 is 11.9 Å². The lowest BCUT2D eigenvalue weighted by Crippen LogP contribution is -2.29. The summed E-state index contributed by atoms with van der Waals surface area (Å²) in [6.45, 7) is 4.73. The molecule has 0 unspecified atom stereocenters. The molecule has 0 aliphatic carbocycles. The van der Waals surface area contributed by atoms with Gasteiger partial charge in [0.2, 0.25) is 0 Å². The Morgan fingerprint density at radius 2 is 0.896 bits per heavy atom. The van der Waals surface area contributed by atoms with E-state index in [0.29, 0.717) is 45.3 Å². The topological polar surface area (TPSA) is 89.5 Å². The van der Waals surface area contributed by atoms with Crippen molar-refractivity contribution in [3.8, 4) is 45.3 Å². The molecule has 4 aromatic carbocycles. The van der Waals surface area contributed by atoms with Crippen molar-refractivity contribution in [1.29, 1.82) is 0 Å². The van der Waals surface area contributed by atoms with Gasteiger partial charge in [0.25, 0.3) is 0 Å². The van der Waals surface area contributed by atoms with Crippen molar-refractivity contribution >= 4 is 11.9 Å². The zero-order valence-electron chi connectivity index (χ0n) is 27.7. The smallest absolute Gasteiger partial charge is 0.320 e. The molecule has 4 rings (SSSR count). The molecule has 0 aromatic heterocycles. The minimum atomic E-state index is -0.984. The van der Waals surface area contributed by atoms with Crippen LogP contribution in [-0.2, 0) is 19.1 Å². The third kappa shape index (κ3) is 11.2. The molecule has 0 radical (unpaired) electrons. The van der Waals surface area contributed by atoms with E-state index in [1.807, 2.05) is 97.1 Å². The molecule has 0 saturated heterocycles. The number of hydrogen-bond acceptors (Lipinski definition) is 8. The van der Waals surface area contributed by atoms with Gasteiger partial charge in [-0.15, -0.1) is 6.58 Å². The van der Waals surface area contributed by atoms with Crippen LogP contribution in [0.1, 0.15) is 32.1 Å². The van der Waals surface area contributed by atoms with Crippen LogP contribution >= 0.6 is 0 Å². The van der Waals surface area contributed by atoms with Gasteiger partial charge in [-0.3, -0.25) is 9.59 Å². The molecular weight excluding hydrogens is 608 g/mol. The fraction of sp³-hybridized carbons (Fsp3) is 0.300. The number of unbranched alkanes of at least 4 members (excludes halogenated alkanes) is 1. The fourth-order valence-electron chi connectivity index (χ4n) is 4.90. The maximum Gasteiger partial charge on any atom is 0.320 e. The molecule has 0 aliphatic heterocycles. The normalized spacial score (nSPS) is 10.6. The first kappa shape index (κ1) is 35.6. The number of esters is 2. The van der Waals surface area contributed by atoms with Crippen LogP contribution in [0.2, 0.25) is 0 Å². The average molecular weight is 653 g/mol. The summed E-state index contributed by atoms with van der Waals surface area (Å²) >= 11 is 0. The van der Waals surface area contributed by atoms with Crippen molar-refractivity contribution in [3.05, 3.63) is 110 Å². The van der Waals surface area contributed by atoms with E-state index in [0.717, 1.165) is 45.3 Å². The SMILES string of the molecule is C=CCCCC(C(=O)OCCCOc1ccc(-c2ccc(OC)cc2)cc1)C(=O)OCCCOc1ccc(-c2ccc(OC)cc2)cc1. The van der Waals surface area contributed by atoms with Crippen molar-refractivity contribution < 1.29 is 38.0 Å². The lowest BCUT2D eigenvalue weighted by Gasteiger charge is -2.15. The third-order valence-corrected chi connectivity index (χ3v) is 7.63. The van der Waals surface area contributed by atoms with Gasteiger partial charge in [0.05, 0.1) is 40.6 Å².